The molecule has 2 aromatic rings. The maximum atomic E-state index is 13.0. The molecule has 0 aliphatic carbocycles. The number of carbonyl (C=O) groups is 1. The molecule has 6 heteroatoms. The molecule has 0 spiro atoms. The minimum atomic E-state index is -1.01. The predicted octanol–water partition coefficient (Wildman–Crippen LogP) is 2.33. The molecule has 0 saturated carbocycles. The number of aryl methyl sites for hydroxylation is 1. The van der Waals surface area contributed by atoms with Crippen LogP contribution in [-0.2, 0) is 11.3 Å². The Morgan fingerprint density at radius 2 is 2.35 bits per heavy atom. The number of aliphatic hydroxyl groups is 1. The van der Waals surface area contributed by atoms with E-state index in [1.165, 1.54) is 29.5 Å². The first-order valence-electron chi connectivity index (χ1n) is 6.15. The van der Waals surface area contributed by atoms with E-state index < -0.39 is 11.9 Å². The van der Waals surface area contributed by atoms with E-state index in [1.54, 1.807) is 11.6 Å². The van der Waals surface area contributed by atoms with Crippen LogP contribution in [0, 0.1) is 12.7 Å². The van der Waals surface area contributed by atoms with E-state index in [1.807, 2.05) is 6.92 Å². The molecule has 0 fully saturated rings. The second-order valence-electron chi connectivity index (χ2n) is 4.41. The van der Waals surface area contributed by atoms with Crippen LogP contribution in [0.15, 0.2) is 29.8 Å². The van der Waals surface area contributed by atoms with E-state index in [0.29, 0.717) is 12.1 Å². The zero-order valence-electron chi connectivity index (χ0n) is 11.0. The van der Waals surface area contributed by atoms with Gasteiger partial charge in [0.1, 0.15) is 5.82 Å². The van der Waals surface area contributed by atoms with Gasteiger partial charge in [0.05, 0.1) is 30.3 Å². The summed E-state index contributed by atoms with van der Waals surface area (Å²) < 4.78 is 13.0. The van der Waals surface area contributed by atoms with E-state index in [2.05, 4.69) is 10.3 Å². The fourth-order valence-electron chi connectivity index (χ4n) is 1.75. The fourth-order valence-corrected chi connectivity index (χ4v) is 2.47. The van der Waals surface area contributed by atoms with Gasteiger partial charge in [-0.2, -0.15) is 0 Å². The standard InChI is InChI=1S/C14H15FN2O2S/c1-9-13(20-8-17-9)7-16-14(19)6-12(18)10-3-2-4-11(15)5-10/h2-5,8,12,18H,6-7H2,1H3,(H,16,19). The number of hydrogen-bond donors (Lipinski definition) is 2. The second-order valence-corrected chi connectivity index (χ2v) is 5.35. The van der Waals surface area contributed by atoms with E-state index in [0.717, 1.165) is 10.6 Å². The lowest BCUT2D eigenvalue weighted by Crippen LogP contribution is -2.24. The number of carbonyl (C=O) groups excluding carboxylic acids is 1. The zero-order chi connectivity index (χ0) is 14.5. The third-order valence-electron chi connectivity index (χ3n) is 2.90. The quantitative estimate of drug-likeness (QED) is 0.889. The predicted molar refractivity (Wildman–Crippen MR) is 74.7 cm³/mol. The summed E-state index contributed by atoms with van der Waals surface area (Å²) in [4.78, 5) is 16.8. The van der Waals surface area contributed by atoms with Crippen LogP contribution in [-0.4, -0.2) is 16.0 Å². The van der Waals surface area contributed by atoms with Crippen molar-refractivity contribution in [3.8, 4) is 0 Å². The maximum absolute atomic E-state index is 13.0. The first-order chi connectivity index (χ1) is 9.56. The van der Waals surface area contributed by atoms with Gasteiger partial charge in [-0.15, -0.1) is 11.3 Å². The maximum Gasteiger partial charge on any atom is 0.223 e. The van der Waals surface area contributed by atoms with E-state index in [4.69, 9.17) is 0 Å². The van der Waals surface area contributed by atoms with Crippen LogP contribution >= 0.6 is 11.3 Å². The molecule has 1 unspecified atom stereocenters. The first kappa shape index (κ1) is 14.6. The summed E-state index contributed by atoms with van der Waals surface area (Å²) in [6.07, 6.45) is -1.10. The molecule has 0 bridgehead atoms. The highest BCUT2D eigenvalue weighted by atomic mass is 32.1. The van der Waals surface area contributed by atoms with Crippen LogP contribution < -0.4 is 5.32 Å². The van der Waals surface area contributed by atoms with Gasteiger partial charge in [-0.1, -0.05) is 12.1 Å². The van der Waals surface area contributed by atoms with Gasteiger partial charge in [-0.25, -0.2) is 9.37 Å². The summed E-state index contributed by atoms with van der Waals surface area (Å²) in [6.45, 7) is 2.27. The molecule has 0 saturated heterocycles. The van der Waals surface area contributed by atoms with Crippen LogP contribution in [0.5, 0.6) is 0 Å². The molecule has 0 radical (unpaired) electrons. The summed E-state index contributed by atoms with van der Waals surface area (Å²) in [5.74, 6) is -0.711. The smallest absolute Gasteiger partial charge is 0.223 e. The number of hydrogen-bond acceptors (Lipinski definition) is 4. The van der Waals surface area contributed by atoms with Crippen molar-refractivity contribution < 1.29 is 14.3 Å². The van der Waals surface area contributed by atoms with Crippen molar-refractivity contribution in [2.45, 2.75) is 26.0 Å². The molecule has 1 aromatic carbocycles. The van der Waals surface area contributed by atoms with E-state index in [9.17, 15) is 14.3 Å². The molecule has 2 rings (SSSR count). The highest BCUT2D eigenvalue weighted by Crippen LogP contribution is 2.17. The average molecular weight is 294 g/mol. The first-order valence-corrected chi connectivity index (χ1v) is 7.03. The molecule has 1 atom stereocenters. The van der Waals surface area contributed by atoms with Crippen molar-refractivity contribution in [3.63, 3.8) is 0 Å². The molecule has 20 heavy (non-hydrogen) atoms. The molecule has 0 aliphatic rings. The largest absolute Gasteiger partial charge is 0.388 e. The minimum Gasteiger partial charge on any atom is -0.388 e. The molecule has 1 aromatic heterocycles. The minimum absolute atomic E-state index is 0.0959. The summed E-state index contributed by atoms with van der Waals surface area (Å²) in [6, 6.07) is 5.62. The summed E-state index contributed by atoms with van der Waals surface area (Å²) in [5.41, 5.74) is 3.01. The van der Waals surface area contributed by atoms with Crippen LogP contribution in [0.3, 0.4) is 0 Å². The average Bonchev–Trinajstić information content (AvgIpc) is 2.82. The van der Waals surface area contributed by atoms with Gasteiger partial charge >= 0.3 is 0 Å². The Bertz CT molecular complexity index is 600. The van der Waals surface area contributed by atoms with E-state index >= 15 is 0 Å². The molecule has 1 amide bonds. The van der Waals surface area contributed by atoms with Gasteiger partial charge in [0.2, 0.25) is 5.91 Å². The SMILES string of the molecule is Cc1ncsc1CNC(=O)CC(O)c1cccc(F)c1. The molecule has 106 valence electrons. The Labute approximate surface area is 120 Å². The Morgan fingerprint density at radius 3 is 3.00 bits per heavy atom. The number of amides is 1. The molecule has 2 N–H and O–H groups in total. The molecular weight excluding hydrogens is 279 g/mol. The monoisotopic (exact) mass is 294 g/mol. The zero-order valence-corrected chi connectivity index (χ0v) is 11.8. The molecule has 0 aliphatic heterocycles. The van der Waals surface area contributed by atoms with Gasteiger partial charge in [0.25, 0.3) is 0 Å². The number of aliphatic hydroxyl groups excluding tert-OH is 1. The summed E-state index contributed by atoms with van der Waals surface area (Å²) in [5, 5.41) is 12.6. The van der Waals surface area contributed by atoms with Crippen LogP contribution in [0.25, 0.3) is 0 Å². The highest BCUT2D eigenvalue weighted by Gasteiger charge is 2.14. The van der Waals surface area contributed by atoms with Crippen molar-refractivity contribution in [2.75, 3.05) is 0 Å². The Hall–Kier alpha value is -1.79. The van der Waals surface area contributed by atoms with Gasteiger partial charge in [-0.3, -0.25) is 4.79 Å². The number of aromatic nitrogens is 1. The number of halogens is 1. The number of thiazole rings is 1. The van der Waals surface area contributed by atoms with Crippen molar-refractivity contribution in [1.82, 2.24) is 10.3 Å². The Kier molecular flexibility index (Phi) is 4.81. The van der Waals surface area contributed by atoms with Crippen LogP contribution in [0.2, 0.25) is 0 Å². The third-order valence-corrected chi connectivity index (χ3v) is 3.84. The van der Waals surface area contributed by atoms with Gasteiger partial charge in [-0.05, 0) is 24.6 Å². The number of rotatable bonds is 5. The lowest BCUT2D eigenvalue weighted by Gasteiger charge is -2.11. The van der Waals surface area contributed by atoms with Crippen LogP contribution in [0.1, 0.15) is 28.7 Å². The van der Waals surface area contributed by atoms with Gasteiger partial charge in [0, 0.05) is 4.88 Å². The summed E-state index contributed by atoms with van der Waals surface area (Å²) >= 11 is 1.47. The van der Waals surface area contributed by atoms with Crippen LogP contribution in [0.4, 0.5) is 4.39 Å². The molecule has 1 heterocycles. The number of nitrogens with one attached hydrogen (secondary N) is 1. The second kappa shape index (κ2) is 6.58. The van der Waals surface area contributed by atoms with Crippen molar-refractivity contribution in [3.05, 3.63) is 51.7 Å². The van der Waals surface area contributed by atoms with Gasteiger partial charge < -0.3 is 10.4 Å². The fraction of sp³-hybridized carbons (Fsp3) is 0.286. The lowest BCUT2D eigenvalue weighted by molar-refractivity contribution is -0.123. The lowest BCUT2D eigenvalue weighted by atomic mass is 10.1. The molecule has 4 nitrogen and oxygen atoms in total. The van der Waals surface area contributed by atoms with Crippen molar-refractivity contribution in [1.29, 1.82) is 0 Å². The number of nitrogens with zero attached hydrogens (tertiary/aromatic N) is 1. The van der Waals surface area contributed by atoms with E-state index in [-0.39, 0.29) is 12.3 Å². The normalized spacial score (nSPS) is 12.2. The number of benzene rings is 1. The third kappa shape index (κ3) is 3.85. The van der Waals surface area contributed by atoms with Crippen molar-refractivity contribution >= 4 is 17.2 Å². The summed E-state index contributed by atoms with van der Waals surface area (Å²) in [7, 11) is 0. The molecular formula is C14H15FN2O2S. The Balaban J connectivity index is 1.87. The Morgan fingerprint density at radius 1 is 1.55 bits per heavy atom. The topological polar surface area (TPSA) is 62.2 Å². The van der Waals surface area contributed by atoms with Crippen molar-refractivity contribution in [2.24, 2.45) is 0 Å². The van der Waals surface area contributed by atoms with Gasteiger partial charge in [0.15, 0.2) is 0 Å². The highest BCUT2D eigenvalue weighted by molar-refractivity contribution is 7.09.